The van der Waals surface area contributed by atoms with Gasteiger partial charge in [-0.2, -0.15) is 0 Å². The zero-order valence-electron chi connectivity index (χ0n) is 10.2. The van der Waals surface area contributed by atoms with E-state index >= 15 is 0 Å². The third-order valence-electron chi connectivity index (χ3n) is 2.51. The molecule has 1 aromatic rings. The first-order chi connectivity index (χ1) is 8.26. The predicted molar refractivity (Wildman–Crippen MR) is 74.5 cm³/mol. The van der Waals surface area contributed by atoms with Gasteiger partial charge in [-0.3, -0.25) is 0 Å². The summed E-state index contributed by atoms with van der Waals surface area (Å²) in [6.45, 7) is 4.02. The molecule has 4 nitrogen and oxygen atoms in total. The Bertz CT molecular complexity index is 498. The SMILES string of the molecule is CC(C)C(CN)NS(=O)(=O)c1cc(Cl)cc(Cl)c1. The number of halogens is 2. The monoisotopic (exact) mass is 310 g/mol. The maximum absolute atomic E-state index is 12.1. The van der Waals surface area contributed by atoms with Crippen LogP contribution in [-0.4, -0.2) is 21.0 Å². The Balaban J connectivity index is 3.06. The molecule has 0 saturated carbocycles. The van der Waals surface area contributed by atoms with Crippen molar-refractivity contribution in [1.82, 2.24) is 4.72 Å². The molecule has 0 saturated heterocycles. The van der Waals surface area contributed by atoms with Gasteiger partial charge in [-0.15, -0.1) is 0 Å². The molecule has 0 aliphatic rings. The van der Waals surface area contributed by atoms with Crippen molar-refractivity contribution in [2.24, 2.45) is 11.7 Å². The summed E-state index contributed by atoms with van der Waals surface area (Å²) in [5, 5.41) is 0.549. The molecule has 0 spiro atoms. The van der Waals surface area contributed by atoms with Crippen LogP contribution in [0.1, 0.15) is 13.8 Å². The molecule has 0 aliphatic heterocycles. The number of hydrogen-bond acceptors (Lipinski definition) is 3. The molecule has 18 heavy (non-hydrogen) atoms. The van der Waals surface area contributed by atoms with E-state index in [1.165, 1.54) is 18.2 Å². The van der Waals surface area contributed by atoms with Crippen LogP contribution in [0, 0.1) is 5.92 Å². The minimum absolute atomic E-state index is 0.0408. The second-order valence-electron chi connectivity index (χ2n) is 4.31. The van der Waals surface area contributed by atoms with Crippen molar-refractivity contribution in [2.75, 3.05) is 6.54 Å². The van der Waals surface area contributed by atoms with Gasteiger partial charge >= 0.3 is 0 Å². The van der Waals surface area contributed by atoms with E-state index in [0.29, 0.717) is 0 Å². The van der Waals surface area contributed by atoms with Gasteiger partial charge in [0, 0.05) is 22.6 Å². The van der Waals surface area contributed by atoms with Crippen LogP contribution in [0.4, 0.5) is 0 Å². The van der Waals surface area contributed by atoms with Gasteiger partial charge in [0.25, 0.3) is 0 Å². The van der Waals surface area contributed by atoms with Crippen LogP contribution in [0.5, 0.6) is 0 Å². The van der Waals surface area contributed by atoms with Crippen LogP contribution in [0.3, 0.4) is 0 Å². The van der Waals surface area contributed by atoms with E-state index in [4.69, 9.17) is 28.9 Å². The first kappa shape index (κ1) is 15.7. The largest absolute Gasteiger partial charge is 0.329 e. The van der Waals surface area contributed by atoms with E-state index in [9.17, 15) is 8.42 Å². The molecule has 1 rings (SSSR count). The van der Waals surface area contributed by atoms with Gasteiger partial charge in [0.1, 0.15) is 0 Å². The lowest BCUT2D eigenvalue weighted by atomic mass is 10.1. The number of nitrogens with two attached hydrogens (primary N) is 1. The van der Waals surface area contributed by atoms with Crippen molar-refractivity contribution in [2.45, 2.75) is 24.8 Å². The standard InChI is InChI=1S/C11H16Cl2N2O2S/c1-7(2)11(6-14)15-18(16,17)10-4-8(12)3-9(13)5-10/h3-5,7,11,15H,6,14H2,1-2H3. The molecule has 0 amide bonds. The molecule has 0 fully saturated rings. The molecule has 0 heterocycles. The van der Waals surface area contributed by atoms with Crippen LogP contribution >= 0.6 is 23.2 Å². The number of hydrogen-bond donors (Lipinski definition) is 2. The van der Waals surface area contributed by atoms with E-state index in [2.05, 4.69) is 4.72 Å². The van der Waals surface area contributed by atoms with Gasteiger partial charge < -0.3 is 5.73 Å². The molecular weight excluding hydrogens is 295 g/mol. The molecule has 1 unspecified atom stereocenters. The highest BCUT2D eigenvalue weighted by Crippen LogP contribution is 2.22. The molecule has 102 valence electrons. The summed E-state index contributed by atoms with van der Waals surface area (Å²) in [5.74, 6) is 0.0967. The van der Waals surface area contributed by atoms with Gasteiger partial charge in [-0.05, 0) is 24.1 Å². The van der Waals surface area contributed by atoms with Crippen LogP contribution in [0.25, 0.3) is 0 Å². The van der Waals surface area contributed by atoms with Crippen LogP contribution < -0.4 is 10.5 Å². The van der Waals surface area contributed by atoms with E-state index < -0.39 is 10.0 Å². The molecule has 0 aromatic heterocycles. The number of nitrogens with one attached hydrogen (secondary N) is 1. The summed E-state index contributed by atoms with van der Waals surface area (Å²) in [5.41, 5.74) is 5.54. The van der Waals surface area contributed by atoms with E-state index in [-0.39, 0.29) is 33.4 Å². The fraction of sp³-hybridized carbons (Fsp3) is 0.455. The van der Waals surface area contributed by atoms with Gasteiger partial charge in [0.15, 0.2) is 0 Å². The van der Waals surface area contributed by atoms with Crippen molar-refractivity contribution in [3.05, 3.63) is 28.2 Å². The lowest BCUT2D eigenvalue weighted by molar-refractivity contribution is 0.455. The first-order valence-electron chi connectivity index (χ1n) is 5.44. The first-order valence-corrected chi connectivity index (χ1v) is 7.68. The van der Waals surface area contributed by atoms with Crippen LogP contribution in [-0.2, 0) is 10.0 Å². The lowest BCUT2D eigenvalue weighted by Crippen LogP contribution is -2.43. The maximum Gasteiger partial charge on any atom is 0.240 e. The van der Waals surface area contributed by atoms with Crippen LogP contribution in [0.15, 0.2) is 23.1 Å². The Labute approximate surface area is 118 Å². The van der Waals surface area contributed by atoms with E-state index in [1.54, 1.807) is 0 Å². The molecule has 1 aromatic carbocycles. The van der Waals surface area contributed by atoms with Crippen molar-refractivity contribution in [1.29, 1.82) is 0 Å². The zero-order chi connectivity index (χ0) is 13.9. The number of benzene rings is 1. The highest BCUT2D eigenvalue weighted by atomic mass is 35.5. The van der Waals surface area contributed by atoms with Crippen molar-refractivity contribution < 1.29 is 8.42 Å². The Morgan fingerprint density at radius 2 is 1.72 bits per heavy atom. The van der Waals surface area contributed by atoms with Gasteiger partial charge in [-0.25, -0.2) is 13.1 Å². The Hall–Kier alpha value is -0.330. The minimum Gasteiger partial charge on any atom is -0.329 e. The fourth-order valence-corrected chi connectivity index (χ4v) is 3.53. The van der Waals surface area contributed by atoms with Gasteiger partial charge in [-0.1, -0.05) is 37.0 Å². The van der Waals surface area contributed by atoms with Crippen molar-refractivity contribution in [3.63, 3.8) is 0 Å². The van der Waals surface area contributed by atoms with E-state index in [1.807, 2.05) is 13.8 Å². The fourth-order valence-electron chi connectivity index (χ4n) is 1.41. The Kier molecular flexibility index (Phi) is 5.43. The smallest absolute Gasteiger partial charge is 0.240 e. The molecular formula is C11H16Cl2N2O2S. The van der Waals surface area contributed by atoms with E-state index in [0.717, 1.165) is 0 Å². The number of rotatable bonds is 5. The summed E-state index contributed by atoms with van der Waals surface area (Å²) in [4.78, 5) is 0.0408. The molecule has 0 radical (unpaired) electrons. The van der Waals surface area contributed by atoms with Crippen molar-refractivity contribution in [3.8, 4) is 0 Å². The summed E-state index contributed by atoms with van der Waals surface area (Å²) in [6.07, 6.45) is 0. The second-order valence-corrected chi connectivity index (χ2v) is 6.90. The molecule has 0 aliphatic carbocycles. The van der Waals surface area contributed by atoms with Crippen molar-refractivity contribution >= 4 is 33.2 Å². The Morgan fingerprint density at radius 3 is 2.11 bits per heavy atom. The second kappa shape index (κ2) is 6.21. The average molecular weight is 311 g/mol. The Morgan fingerprint density at radius 1 is 1.22 bits per heavy atom. The number of sulfonamides is 1. The third-order valence-corrected chi connectivity index (χ3v) is 4.42. The molecule has 7 heteroatoms. The maximum atomic E-state index is 12.1. The van der Waals surface area contributed by atoms with Crippen LogP contribution in [0.2, 0.25) is 10.0 Å². The highest BCUT2D eigenvalue weighted by Gasteiger charge is 2.22. The summed E-state index contributed by atoms with van der Waals surface area (Å²) < 4.78 is 26.8. The summed E-state index contributed by atoms with van der Waals surface area (Å²) in [7, 11) is -3.66. The highest BCUT2D eigenvalue weighted by molar-refractivity contribution is 7.89. The third kappa shape index (κ3) is 4.10. The topological polar surface area (TPSA) is 72.2 Å². The zero-order valence-corrected chi connectivity index (χ0v) is 12.5. The summed E-state index contributed by atoms with van der Waals surface area (Å²) in [6, 6.07) is 3.85. The normalized spacial score (nSPS) is 13.9. The molecule has 1 atom stereocenters. The van der Waals surface area contributed by atoms with Gasteiger partial charge in [0.05, 0.1) is 4.90 Å². The van der Waals surface area contributed by atoms with Gasteiger partial charge in [0.2, 0.25) is 10.0 Å². The lowest BCUT2D eigenvalue weighted by Gasteiger charge is -2.20. The predicted octanol–water partition coefficient (Wildman–Crippen LogP) is 2.26. The quantitative estimate of drug-likeness (QED) is 0.876. The summed E-state index contributed by atoms with van der Waals surface area (Å²) >= 11 is 11.6. The average Bonchev–Trinajstić information content (AvgIpc) is 2.24. The molecule has 3 N–H and O–H groups in total. The molecule has 0 bridgehead atoms. The minimum atomic E-state index is -3.66.